The lowest BCUT2D eigenvalue weighted by Gasteiger charge is -2.36. The van der Waals surface area contributed by atoms with E-state index >= 15 is 0 Å². The van der Waals surface area contributed by atoms with Crippen molar-refractivity contribution in [2.24, 2.45) is 0 Å². The number of anilines is 3. The maximum Gasteiger partial charge on any atom is 0.410 e. The van der Waals surface area contributed by atoms with Crippen molar-refractivity contribution >= 4 is 41.9 Å². The summed E-state index contributed by atoms with van der Waals surface area (Å²) in [7, 11) is 5.27. The zero-order valence-electron chi connectivity index (χ0n) is 28.6. The Morgan fingerprint density at radius 2 is 1.77 bits per heavy atom. The van der Waals surface area contributed by atoms with Crippen LogP contribution < -0.4 is 24.8 Å². The van der Waals surface area contributed by atoms with Gasteiger partial charge < -0.3 is 43.9 Å². The lowest BCUT2D eigenvalue weighted by atomic mass is 10.0. The van der Waals surface area contributed by atoms with Gasteiger partial charge in [-0.1, -0.05) is 12.1 Å². The van der Waals surface area contributed by atoms with Gasteiger partial charge in [0.25, 0.3) is 0 Å². The number of piperazine rings is 1. The van der Waals surface area contributed by atoms with Crippen LogP contribution in [-0.4, -0.2) is 113 Å². The second-order valence-corrected chi connectivity index (χ2v) is 12.5. The maximum atomic E-state index is 12.5. The van der Waals surface area contributed by atoms with E-state index in [4.69, 9.17) is 14.2 Å². The average Bonchev–Trinajstić information content (AvgIpc) is 3.05. The number of benzene rings is 1. The van der Waals surface area contributed by atoms with Crippen molar-refractivity contribution in [1.29, 1.82) is 0 Å². The van der Waals surface area contributed by atoms with Crippen molar-refractivity contribution in [2.45, 2.75) is 58.1 Å². The van der Waals surface area contributed by atoms with Crippen LogP contribution in [0.1, 0.15) is 45.6 Å². The van der Waals surface area contributed by atoms with Crippen LogP contribution in [0.3, 0.4) is 0 Å². The molecule has 1 fully saturated rings. The van der Waals surface area contributed by atoms with Crippen LogP contribution in [0.25, 0.3) is 0 Å². The Bertz CT molecular complexity index is 1320. The highest BCUT2D eigenvalue weighted by Gasteiger charge is 2.28. The summed E-state index contributed by atoms with van der Waals surface area (Å²) in [5.74, 6) is 0.996. The van der Waals surface area contributed by atoms with E-state index in [1.807, 2.05) is 76.2 Å². The molecule has 0 saturated carbocycles. The number of carbonyl (C=O) groups excluding carboxylic acids is 4. The first-order chi connectivity index (χ1) is 22.5. The number of nitrogens with zero attached hydrogens (tertiary/aromatic N) is 5. The summed E-state index contributed by atoms with van der Waals surface area (Å²) in [6.07, 6.45) is 3.04. The number of likely N-dealkylation sites (N-methyl/N-ethyl adjacent to an activating group) is 1. The summed E-state index contributed by atoms with van der Waals surface area (Å²) < 4.78 is 17.1. The van der Waals surface area contributed by atoms with Crippen LogP contribution in [0, 0.1) is 0 Å². The topological polar surface area (TPSA) is 134 Å². The van der Waals surface area contributed by atoms with Crippen LogP contribution in [-0.2, 0) is 30.3 Å². The van der Waals surface area contributed by atoms with Crippen molar-refractivity contribution in [3.8, 4) is 5.88 Å². The fourth-order valence-corrected chi connectivity index (χ4v) is 5.18. The minimum atomic E-state index is -0.790. The predicted molar refractivity (Wildman–Crippen MR) is 181 cm³/mol. The number of rotatable bonds is 17. The molecule has 1 aromatic heterocycles. The molecule has 1 aliphatic rings. The number of aromatic nitrogens is 1. The molecule has 1 unspecified atom stereocenters. The minimum absolute atomic E-state index is 0.169. The quantitative estimate of drug-likeness (QED) is 0.200. The van der Waals surface area contributed by atoms with Gasteiger partial charge in [0.1, 0.15) is 30.4 Å². The third-order valence-corrected chi connectivity index (χ3v) is 7.55. The summed E-state index contributed by atoms with van der Waals surface area (Å²) in [5, 5.41) is 2.59. The molecule has 13 heteroatoms. The molecule has 258 valence electrons. The summed E-state index contributed by atoms with van der Waals surface area (Å²) in [4.78, 5) is 59.8. The highest BCUT2D eigenvalue weighted by atomic mass is 16.6. The fourth-order valence-electron chi connectivity index (χ4n) is 5.18. The van der Waals surface area contributed by atoms with Crippen LogP contribution >= 0.6 is 0 Å². The second kappa shape index (κ2) is 18.1. The van der Waals surface area contributed by atoms with Crippen LogP contribution in [0.15, 0.2) is 36.4 Å². The number of hydrogen-bond acceptors (Lipinski definition) is 10. The molecule has 3 rings (SSSR count). The molecule has 2 aromatic rings. The molecule has 0 radical (unpaired) electrons. The van der Waals surface area contributed by atoms with E-state index in [2.05, 4.69) is 15.2 Å². The summed E-state index contributed by atoms with van der Waals surface area (Å²) in [6.45, 7) is 9.35. The molecular formula is C34H50N6O7. The van der Waals surface area contributed by atoms with Crippen molar-refractivity contribution in [2.75, 3.05) is 81.8 Å². The molecule has 0 aliphatic carbocycles. The molecular weight excluding hydrogens is 604 g/mol. The first-order valence-corrected chi connectivity index (χ1v) is 16.1. The molecule has 47 heavy (non-hydrogen) atoms. The van der Waals surface area contributed by atoms with Crippen molar-refractivity contribution < 1.29 is 33.4 Å². The summed E-state index contributed by atoms with van der Waals surface area (Å²) in [6, 6.07) is 10.7. The lowest BCUT2D eigenvalue weighted by Crippen LogP contribution is -2.50. The molecule has 13 nitrogen and oxygen atoms in total. The largest absolute Gasteiger partial charge is 0.475 e. The number of carbonyl (C=O) groups is 4. The van der Waals surface area contributed by atoms with Gasteiger partial charge in [0.2, 0.25) is 18.2 Å². The van der Waals surface area contributed by atoms with E-state index < -0.39 is 11.6 Å². The summed E-state index contributed by atoms with van der Waals surface area (Å²) in [5.41, 5.74) is 1.95. The molecule has 0 spiro atoms. The molecule has 1 saturated heterocycles. The number of ether oxygens (including phenoxy) is 3. The molecule has 3 amide bonds. The van der Waals surface area contributed by atoms with Crippen molar-refractivity contribution in [3.63, 3.8) is 0 Å². The van der Waals surface area contributed by atoms with Gasteiger partial charge in [0.05, 0.1) is 18.0 Å². The fraction of sp³-hybridized carbons (Fsp3) is 0.559. The Kier molecular flexibility index (Phi) is 14.3. The predicted octanol–water partition coefficient (Wildman–Crippen LogP) is 3.29. The van der Waals surface area contributed by atoms with E-state index in [-0.39, 0.29) is 24.8 Å². The molecule has 1 aromatic carbocycles. The highest BCUT2D eigenvalue weighted by Crippen LogP contribution is 2.31. The van der Waals surface area contributed by atoms with E-state index in [9.17, 15) is 19.2 Å². The van der Waals surface area contributed by atoms with Gasteiger partial charge in [0, 0.05) is 66.4 Å². The average molecular weight is 655 g/mol. The molecule has 0 bridgehead atoms. The van der Waals surface area contributed by atoms with Gasteiger partial charge >= 0.3 is 6.09 Å². The van der Waals surface area contributed by atoms with Gasteiger partial charge in [-0.05, 0) is 63.8 Å². The molecule has 1 atom stereocenters. The number of aldehydes is 1. The first kappa shape index (κ1) is 37.1. The zero-order valence-corrected chi connectivity index (χ0v) is 28.6. The van der Waals surface area contributed by atoms with Crippen molar-refractivity contribution in [1.82, 2.24) is 15.2 Å². The standard InChI is InChI=1S/C34H50N6O7/c1-34(2,3)47-33(44)39-18-16-38(17-19-39)30-12-7-13-31(36-30)46-23-22-45-21-9-10-26-14-15-27(29(24-26)37(5)6)40(25-42)28(11-8-20-41)32(43)35-4/h7,12-15,20,24-25,28H,8-11,16-19,21-23H2,1-6H3,(H,35,43). The van der Waals surface area contributed by atoms with E-state index in [0.29, 0.717) is 64.0 Å². The molecule has 2 heterocycles. The third-order valence-electron chi connectivity index (χ3n) is 7.55. The lowest BCUT2D eigenvalue weighted by molar-refractivity contribution is -0.123. The smallest absolute Gasteiger partial charge is 0.410 e. The van der Waals surface area contributed by atoms with Gasteiger partial charge in [-0.15, -0.1) is 0 Å². The normalized spacial score (nSPS) is 13.8. The monoisotopic (exact) mass is 654 g/mol. The van der Waals surface area contributed by atoms with E-state index in [1.165, 1.54) is 11.9 Å². The van der Waals surface area contributed by atoms with Gasteiger partial charge in [-0.2, -0.15) is 4.98 Å². The Hall–Kier alpha value is -4.39. The second-order valence-electron chi connectivity index (χ2n) is 12.5. The Balaban J connectivity index is 1.44. The minimum Gasteiger partial charge on any atom is -0.475 e. The van der Waals surface area contributed by atoms with Crippen LogP contribution in [0.5, 0.6) is 5.88 Å². The highest BCUT2D eigenvalue weighted by molar-refractivity contribution is 5.95. The van der Waals surface area contributed by atoms with Crippen LogP contribution in [0.2, 0.25) is 0 Å². The van der Waals surface area contributed by atoms with E-state index in [0.717, 1.165) is 36.2 Å². The summed E-state index contributed by atoms with van der Waals surface area (Å²) >= 11 is 0. The number of nitrogens with one attached hydrogen (secondary N) is 1. The number of pyridine rings is 1. The number of aryl methyl sites for hydroxylation is 1. The SMILES string of the molecule is CNC(=O)C(CCC=O)N(C=O)c1ccc(CCCOCCOc2cccc(N3CCN(C(=O)OC(C)(C)C)CC3)n2)cc1N(C)C. The van der Waals surface area contributed by atoms with Crippen LogP contribution in [0.4, 0.5) is 22.0 Å². The Labute approximate surface area is 278 Å². The Morgan fingerprint density at radius 1 is 1.02 bits per heavy atom. The van der Waals surface area contributed by atoms with Crippen molar-refractivity contribution in [3.05, 3.63) is 42.0 Å². The molecule has 1 aliphatic heterocycles. The first-order valence-electron chi connectivity index (χ1n) is 16.1. The molecule has 1 N–H and O–H groups in total. The third kappa shape index (κ3) is 11.4. The number of amides is 3. The van der Waals surface area contributed by atoms with E-state index in [1.54, 1.807) is 4.90 Å². The zero-order chi connectivity index (χ0) is 34.4. The Morgan fingerprint density at radius 3 is 2.40 bits per heavy atom. The number of hydrogen-bond donors (Lipinski definition) is 1. The van der Waals surface area contributed by atoms with Gasteiger partial charge in [0.15, 0.2) is 0 Å². The van der Waals surface area contributed by atoms with Gasteiger partial charge in [-0.3, -0.25) is 9.59 Å². The maximum absolute atomic E-state index is 12.5. The van der Waals surface area contributed by atoms with Gasteiger partial charge in [-0.25, -0.2) is 4.79 Å².